The number of pyridine rings is 1. The molecule has 72 valence electrons. The van der Waals surface area contributed by atoms with Crippen molar-refractivity contribution in [3.8, 4) is 0 Å². The topological polar surface area (TPSA) is 12.9 Å². The van der Waals surface area contributed by atoms with Gasteiger partial charge in [-0.25, -0.2) is 0 Å². The normalized spacial score (nSPS) is 11.6. The molecule has 0 spiro atoms. The van der Waals surface area contributed by atoms with E-state index in [1.807, 2.05) is 12.3 Å². The highest BCUT2D eigenvalue weighted by Crippen LogP contribution is 2.12. The molecular formula is C11H19NSi. The number of aromatic nitrogens is 1. The molecule has 1 nitrogen and oxygen atoms in total. The minimum Gasteiger partial charge on any atom is -0.266 e. The molecule has 0 unspecified atom stereocenters. The smallest absolute Gasteiger partial charge is 0.104 e. The highest BCUT2D eigenvalue weighted by atomic mass is 28.3. The van der Waals surface area contributed by atoms with Gasteiger partial charge in [0.2, 0.25) is 0 Å². The lowest BCUT2D eigenvalue weighted by Gasteiger charge is -2.20. The zero-order valence-corrected chi connectivity index (χ0v) is 9.88. The average Bonchev–Trinajstić information content (AvgIpc) is 2.16. The van der Waals surface area contributed by atoms with Gasteiger partial charge in [-0.1, -0.05) is 45.0 Å². The van der Waals surface area contributed by atoms with Crippen LogP contribution in [-0.2, 0) is 0 Å². The minimum atomic E-state index is -1.21. The molecule has 0 fully saturated rings. The van der Waals surface area contributed by atoms with E-state index in [2.05, 4.69) is 37.1 Å². The highest BCUT2D eigenvalue weighted by Gasteiger charge is 2.23. The number of unbranched alkanes of at least 4 members (excludes halogenated alkanes) is 1. The largest absolute Gasteiger partial charge is 0.266 e. The summed E-state index contributed by atoms with van der Waals surface area (Å²) in [5, 5.41) is 1.35. The maximum absolute atomic E-state index is 4.47. The van der Waals surface area contributed by atoms with Gasteiger partial charge in [-0.05, 0) is 12.1 Å². The lowest BCUT2D eigenvalue weighted by molar-refractivity contribution is 0.869. The summed E-state index contributed by atoms with van der Waals surface area (Å²) in [4.78, 5) is 4.47. The lowest BCUT2D eigenvalue weighted by atomic mass is 10.4. The molecule has 0 saturated heterocycles. The zero-order valence-electron chi connectivity index (χ0n) is 8.88. The second-order valence-corrected chi connectivity index (χ2v) is 8.98. The summed E-state index contributed by atoms with van der Waals surface area (Å²) < 4.78 is 0. The summed E-state index contributed by atoms with van der Waals surface area (Å²) in [7, 11) is -1.21. The van der Waals surface area contributed by atoms with Gasteiger partial charge in [0.15, 0.2) is 0 Å². The van der Waals surface area contributed by atoms with Crippen LogP contribution in [0, 0.1) is 0 Å². The van der Waals surface area contributed by atoms with Crippen LogP contribution < -0.4 is 5.32 Å². The lowest BCUT2D eigenvalue weighted by Crippen LogP contribution is -2.42. The van der Waals surface area contributed by atoms with Gasteiger partial charge in [0.1, 0.15) is 8.07 Å². The van der Waals surface area contributed by atoms with Crippen molar-refractivity contribution < 1.29 is 0 Å². The summed E-state index contributed by atoms with van der Waals surface area (Å²) in [6.07, 6.45) is 4.55. The van der Waals surface area contributed by atoms with Crippen LogP contribution in [0.1, 0.15) is 19.8 Å². The Bertz CT molecular complexity index is 244. The SMILES string of the molecule is CCCC[Si](C)(C)c1ccccn1. The highest BCUT2D eigenvalue weighted by molar-refractivity contribution is 6.89. The van der Waals surface area contributed by atoms with Crippen molar-refractivity contribution in [2.75, 3.05) is 0 Å². The van der Waals surface area contributed by atoms with E-state index < -0.39 is 8.07 Å². The van der Waals surface area contributed by atoms with Crippen LogP contribution in [0.4, 0.5) is 0 Å². The molecule has 0 saturated carbocycles. The first-order valence-corrected chi connectivity index (χ1v) is 8.29. The number of nitrogens with zero attached hydrogens (tertiary/aromatic N) is 1. The quantitative estimate of drug-likeness (QED) is 0.670. The van der Waals surface area contributed by atoms with Gasteiger partial charge in [0, 0.05) is 11.5 Å². The van der Waals surface area contributed by atoms with Crippen molar-refractivity contribution in [2.24, 2.45) is 0 Å². The zero-order chi connectivity index (χ0) is 9.73. The minimum absolute atomic E-state index is 1.21. The Hall–Kier alpha value is -0.633. The van der Waals surface area contributed by atoms with Crippen molar-refractivity contribution in [1.82, 2.24) is 4.98 Å². The second kappa shape index (κ2) is 4.56. The fourth-order valence-corrected chi connectivity index (χ4v) is 3.97. The molecule has 0 aliphatic carbocycles. The van der Waals surface area contributed by atoms with Crippen molar-refractivity contribution in [2.45, 2.75) is 38.9 Å². The van der Waals surface area contributed by atoms with Crippen LogP contribution >= 0.6 is 0 Å². The molecule has 0 bridgehead atoms. The van der Waals surface area contributed by atoms with E-state index in [0.717, 1.165) is 0 Å². The Balaban J connectivity index is 2.69. The van der Waals surface area contributed by atoms with E-state index >= 15 is 0 Å². The van der Waals surface area contributed by atoms with E-state index in [1.54, 1.807) is 0 Å². The third-order valence-electron chi connectivity index (χ3n) is 2.51. The van der Waals surface area contributed by atoms with Crippen molar-refractivity contribution in [1.29, 1.82) is 0 Å². The fourth-order valence-electron chi connectivity index (χ4n) is 1.51. The molecule has 2 heteroatoms. The molecule has 0 aliphatic rings. The third-order valence-corrected chi connectivity index (χ3v) is 5.80. The summed E-state index contributed by atoms with van der Waals surface area (Å²) in [5.41, 5.74) is 0. The standard InChI is InChI=1S/C11H19NSi/c1-4-5-10-13(2,3)11-8-6-7-9-12-11/h6-9H,4-5,10H2,1-3H3. The van der Waals surface area contributed by atoms with E-state index in [4.69, 9.17) is 0 Å². The van der Waals surface area contributed by atoms with Crippen LogP contribution in [-0.4, -0.2) is 13.1 Å². The van der Waals surface area contributed by atoms with Gasteiger partial charge < -0.3 is 0 Å². The maximum atomic E-state index is 4.47. The third kappa shape index (κ3) is 2.96. The van der Waals surface area contributed by atoms with Gasteiger partial charge in [-0.2, -0.15) is 0 Å². The summed E-state index contributed by atoms with van der Waals surface area (Å²) in [6.45, 7) is 7.07. The molecule has 0 radical (unpaired) electrons. The number of hydrogen-bond acceptors (Lipinski definition) is 1. The van der Waals surface area contributed by atoms with Crippen molar-refractivity contribution >= 4 is 13.4 Å². The van der Waals surface area contributed by atoms with Crippen molar-refractivity contribution in [3.05, 3.63) is 24.4 Å². The Morgan fingerprint density at radius 1 is 1.31 bits per heavy atom. The molecule has 13 heavy (non-hydrogen) atoms. The predicted octanol–water partition coefficient (Wildman–Crippen LogP) is 2.80. The Morgan fingerprint density at radius 2 is 2.08 bits per heavy atom. The second-order valence-electron chi connectivity index (χ2n) is 4.20. The first kappa shape index (κ1) is 10.4. The van der Waals surface area contributed by atoms with Crippen LogP contribution in [0.15, 0.2) is 24.4 Å². The van der Waals surface area contributed by atoms with Crippen LogP contribution in [0.2, 0.25) is 19.1 Å². The summed E-state index contributed by atoms with van der Waals surface area (Å²) >= 11 is 0. The average molecular weight is 193 g/mol. The van der Waals surface area contributed by atoms with Gasteiger partial charge in [0.25, 0.3) is 0 Å². The summed E-state index contributed by atoms with van der Waals surface area (Å²) in [6, 6.07) is 7.64. The Labute approximate surface area is 82.2 Å². The first-order valence-electron chi connectivity index (χ1n) is 5.08. The van der Waals surface area contributed by atoms with Gasteiger partial charge in [0.05, 0.1) is 0 Å². The fraction of sp³-hybridized carbons (Fsp3) is 0.545. The number of hydrogen-bond donors (Lipinski definition) is 0. The van der Waals surface area contributed by atoms with E-state index in [9.17, 15) is 0 Å². The molecule has 0 N–H and O–H groups in total. The molecule has 1 rings (SSSR count). The maximum Gasteiger partial charge on any atom is 0.104 e. The van der Waals surface area contributed by atoms with Gasteiger partial charge in [-0.15, -0.1) is 0 Å². The summed E-state index contributed by atoms with van der Waals surface area (Å²) in [5.74, 6) is 0. The molecule has 0 aromatic carbocycles. The molecule has 0 amide bonds. The van der Waals surface area contributed by atoms with E-state index in [1.165, 1.54) is 24.2 Å². The molecule has 1 aromatic rings. The first-order chi connectivity index (χ1) is 6.17. The molecule has 1 heterocycles. The Kier molecular flexibility index (Phi) is 3.67. The van der Waals surface area contributed by atoms with E-state index in [0.29, 0.717) is 0 Å². The number of rotatable bonds is 4. The van der Waals surface area contributed by atoms with Crippen LogP contribution in [0.3, 0.4) is 0 Å². The molecule has 1 aromatic heterocycles. The van der Waals surface area contributed by atoms with Gasteiger partial charge in [-0.3, -0.25) is 4.98 Å². The molecular weight excluding hydrogens is 174 g/mol. The monoisotopic (exact) mass is 193 g/mol. The molecule has 0 aliphatic heterocycles. The Morgan fingerprint density at radius 3 is 2.62 bits per heavy atom. The van der Waals surface area contributed by atoms with Crippen LogP contribution in [0.25, 0.3) is 0 Å². The van der Waals surface area contributed by atoms with Crippen molar-refractivity contribution in [3.63, 3.8) is 0 Å². The van der Waals surface area contributed by atoms with Gasteiger partial charge >= 0.3 is 0 Å². The van der Waals surface area contributed by atoms with E-state index in [-0.39, 0.29) is 0 Å². The predicted molar refractivity (Wildman–Crippen MR) is 61.1 cm³/mol. The van der Waals surface area contributed by atoms with Crippen LogP contribution in [0.5, 0.6) is 0 Å². The molecule has 0 atom stereocenters.